The van der Waals surface area contributed by atoms with E-state index in [-0.39, 0.29) is 6.04 Å². The Morgan fingerprint density at radius 2 is 1.85 bits per heavy atom. The van der Waals surface area contributed by atoms with Crippen LogP contribution in [0.3, 0.4) is 0 Å². The molecular formula is C28H33F4N5O3. The van der Waals surface area contributed by atoms with Crippen LogP contribution < -0.4 is 9.64 Å². The van der Waals surface area contributed by atoms with E-state index in [0.717, 1.165) is 22.7 Å². The highest BCUT2D eigenvalue weighted by Crippen LogP contribution is 2.37. The molecule has 8 nitrogen and oxygen atoms in total. The predicted octanol–water partition coefficient (Wildman–Crippen LogP) is 7.34. The average molecular weight is 564 g/mol. The molecule has 0 N–H and O–H groups in total. The van der Waals surface area contributed by atoms with Gasteiger partial charge in [-0.25, -0.2) is 19.2 Å². The quantitative estimate of drug-likeness (QED) is 0.292. The lowest BCUT2D eigenvalue weighted by molar-refractivity contribution is -0.140. The minimum absolute atomic E-state index is 0.0679. The fourth-order valence-corrected chi connectivity index (χ4v) is 4.76. The third-order valence-electron chi connectivity index (χ3n) is 6.62. The smallest absolute Gasteiger partial charge is 0.419 e. The number of allylic oxidation sites excluding steroid dienone is 1. The predicted molar refractivity (Wildman–Crippen MR) is 143 cm³/mol. The lowest BCUT2D eigenvalue weighted by atomic mass is 9.93. The average Bonchev–Trinajstić information content (AvgIpc) is 3.24. The minimum Gasteiger partial charge on any atom is -0.472 e. The number of carbonyl (C=O) groups excluding carboxylic acids is 1. The van der Waals surface area contributed by atoms with Crippen LogP contribution in [-0.4, -0.2) is 44.1 Å². The molecule has 1 fully saturated rings. The summed E-state index contributed by atoms with van der Waals surface area (Å²) in [7, 11) is 0. The largest absolute Gasteiger partial charge is 0.472 e. The van der Waals surface area contributed by atoms with Gasteiger partial charge in [0.25, 0.3) is 5.88 Å². The Labute approximate surface area is 230 Å². The summed E-state index contributed by atoms with van der Waals surface area (Å²) in [5.41, 5.74) is 0.124. The van der Waals surface area contributed by atoms with Gasteiger partial charge >= 0.3 is 12.3 Å². The molecule has 3 aromatic rings. The van der Waals surface area contributed by atoms with Crippen molar-refractivity contribution in [3.8, 4) is 5.88 Å². The number of nitrogens with zero attached hydrogens (tertiary/aromatic N) is 5. The Hall–Kier alpha value is -3.70. The van der Waals surface area contributed by atoms with E-state index in [4.69, 9.17) is 14.6 Å². The molecular weight excluding hydrogens is 530 g/mol. The number of hydrogen-bond donors (Lipinski definition) is 0. The fraction of sp³-hybridized carbons (Fsp3) is 0.500. The first-order valence-electron chi connectivity index (χ1n) is 13.1. The van der Waals surface area contributed by atoms with Crippen molar-refractivity contribution in [3.05, 3.63) is 48.2 Å². The first-order chi connectivity index (χ1) is 18.7. The number of hydrogen-bond acceptors (Lipinski definition) is 6. The van der Waals surface area contributed by atoms with E-state index >= 15 is 0 Å². The normalized spacial score (nSPS) is 18.0. The van der Waals surface area contributed by atoms with Crippen LogP contribution in [-0.2, 0) is 10.9 Å². The Morgan fingerprint density at radius 1 is 1.18 bits per heavy atom. The second-order valence-corrected chi connectivity index (χ2v) is 10.9. The number of rotatable bonds is 6. The van der Waals surface area contributed by atoms with Gasteiger partial charge in [-0.05, 0) is 71.9 Å². The number of fused-ring (bicyclic) bond motifs is 1. The van der Waals surface area contributed by atoms with E-state index in [1.807, 2.05) is 18.5 Å². The Bertz CT molecular complexity index is 1410. The number of halogens is 4. The maximum atomic E-state index is 14.4. The van der Waals surface area contributed by atoms with E-state index in [1.54, 1.807) is 33.0 Å². The van der Waals surface area contributed by atoms with Gasteiger partial charge in [-0.2, -0.15) is 18.3 Å². The Kier molecular flexibility index (Phi) is 8.09. The van der Waals surface area contributed by atoms with Crippen molar-refractivity contribution in [2.45, 2.75) is 84.2 Å². The maximum absolute atomic E-state index is 14.4. The number of pyridine rings is 2. The molecule has 0 radical (unpaired) electrons. The summed E-state index contributed by atoms with van der Waals surface area (Å²) in [6, 6.07) is 2.32. The SMILES string of the molecule is C=C(C)c1nn([C@H]2CC[C@@H](Oc3nccc(C(F)(F)F)c3F)CC2)c2cc(N(CC)C(=O)OC(C)(C)C)ncc12. The van der Waals surface area contributed by atoms with Gasteiger partial charge in [0.05, 0.1) is 22.8 Å². The first-order valence-corrected chi connectivity index (χ1v) is 13.1. The van der Waals surface area contributed by atoms with Crippen LogP contribution in [0.5, 0.6) is 5.88 Å². The van der Waals surface area contributed by atoms with Crippen LogP contribution in [0.15, 0.2) is 31.1 Å². The second kappa shape index (κ2) is 11.1. The van der Waals surface area contributed by atoms with Crippen LogP contribution in [0.1, 0.15) is 77.6 Å². The zero-order chi connectivity index (χ0) is 29.4. The zero-order valence-electron chi connectivity index (χ0n) is 23.2. The molecule has 1 aliphatic carbocycles. The maximum Gasteiger partial charge on any atom is 0.419 e. The highest BCUT2D eigenvalue weighted by atomic mass is 19.4. The van der Waals surface area contributed by atoms with Crippen LogP contribution in [0.25, 0.3) is 16.5 Å². The molecule has 1 aliphatic rings. The van der Waals surface area contributed by atoms with Gasteiger partial charge in [0.1, 0.15) is 17.5 Å². The lowest BCUT2D eigenvalue weighted by Crippen LogP contribution is -2.37. The van der Waals surface area contributed by atoms with Gasteiger partial charge in [-0.3, -0.25) is 9.58 Å². The third kappa shape index (κ3) is 6.20. The standard InChI is InChI=1S/C28H33F4N5O3/c1-7-36(26(38)40-27(4,5)6)22-14-21-19(15-34-22)24(16(2)3)35-37(21)17-8-10-18(11-9-17)39-25-23(29)20(12-13-33-25)28(30,31)32/h12-15,17-18H,2,7-11H2,1,3-6H3/t17-,18+. The van der Waals surface area contributed by atoms with Crippen molar-refractivity contribution in [2.75, 3.05) is 11.4 Å². The molecule has 3 aromatic heterocycles. The molecule has 216 valence electrons. The molecule has 3 heterocycles. The summed E-state index contributed by atoms with van der Waals surface area (Å²) in [4.78, 5) is 22.5. The molecule has 1 amide bonds. The molecule has 0 spiro atoms. The van der Waals surface area contributed by atoms with Crippen molar-refractivity contribution in [1.29, 1.82) is 0 Å². The molecule has 0 aromatic carbocycles. The summed E-state index contributed by atoms with van der Waals surface area (Å²) in [5, 5.41) is 5.59. The molecule has 12 heteroatoms. The van der Waals surface area contributed by atoms with Gasteiger partial charge in [-0.15, -0.1) is 0 Å². The number of alkyl halides is 3. The molecule has 0 atom stereocenters. The molecule has 0 unspecified atom stereocenters. The van der Waals surface area contributed by atoms with Gasteiger partial charge in [0.15, 0.2) is 5.82 Å². The number of ether oxygens (including phenoxy) is 2. The lowest BCUT2D eigenvalue weighted by Gasteiger charge is -2.29. The van der Waals surface area contributed by atoms with Gasteiger partial charge in [-0.1, -0.05) is 6.58 Å². The van der Waals surface area contributed by atoms with Crippen molar-refractivity contribution in [1.82, 2.24) is 19.7 Å². The number of carbonyl (C=O) groups is 1. The van der Waals surface area contributed by atoms with Crippen molar-refractivity contribution >= 4 is 28.4 Å². The van der Waals surface area contributed by atoms with Crippen LogP contribution >= 0.6 is 0 Å². The van der Waals surface area contributed by atoms with E-state index in [1.165, 1.54) is 4.90 Å². The highest BCUT2D eigenvalue weighted by Gasteiger charge is 2.37. The van der Waals surface area contributed by atoms with Crippen LogP contribution in [0.2, 0.25) is 0 Å². The topological polar surface area (TPSA) is 82.4 Å². The van der Waals surface area contributed by atoms with E-state index in [2.05, 4.69) is 16.5 Å². The van der Waals surface area contributed by atoms with Crippen LogP contribution in [0, 0.1) is 5.82 Å². The van der Waals surface area contributed by atoms with E-state index < -0.39 is 41.2 Å². The van der Waals surface area contributed by atoms with Gasteiger partial charge in [0, 0.05) is 30.4 Å². The number of amides is 1. The van der Waals surface area contributed by atoms with Crippen LogP contribution in [0.4, 0.5) is 28.2 Å². The molecule has 4 rings (SSSR count). The third-order valence-corrected chi connectivity index (χ3v) is 6.62. The summed E-state index contributed by atoms with van der Waals surface area (Å²) >= 11 is 0. The second-order valence-electron chi connectivity index (χ2n) is 10.9. The van der Waals surface area contributed by atoms with Crippen molar-refractivity contribution < 1.29 is 31.8 Å². The summed E-state index contributed by atoms with van der Waals surface area (Å²) in [6.45, 7) is 13.4. The molecule has 0 aliphatic heterocycles. The Morgan fingerprint density at radius 3 is 2.42 bits per heavy atom. The fourth-order valence-electron chi connectivity index (χ4n) is 4.76. The molecule has 0 saturated heterocycles. The minimum atomic E-state index is -4.84. The summed E-state index contributed by atoms with van der Waals surface area (Å²) in [6.07, 6.45) is -1.20. The van der Waals surface area contributed by atoms with Crippen molar-refractivity contribution in [2.24, 2.45) is 0 Å². The van der Waals surface area contributed by atoms with Gasteiger partial charge < -0.3 is 9.47 Å². The van der Waals surface area contributed by atoms with Crippen molar-refractivity contribution in [3.63, 3.8) is 0 Å². The molecule has 0 bridgehead atoms. The number of anilines is 1. The summed E-state index contributed by atoms with van der Waals surface area (Å²) in [5.74, 6) is -1.74. The van der Waals surface area contributed by atoms with E-state index in [9.17, 15) is 22.4 Å². The molecule has 1 saturated carbocycles. The highest BCUT2D eigenvalue weighted by molar-refractivity contribution is 5.93. The van der Waals surface area contributed by atoms with E-state index in [0.29, 0.717) is 49.8 Å². The Balaban J connectivity index is 1.58. The molecule has 40 heavy (non-hydrogen) atoms. The monoisotopic (exact) mass is 563 g/mol. The van der Waals surface area contributed by atoms with Gasteiger partial charge in [0.2, 0.25) is 0 Å². The first kappa shape index (κ1) is 29.3. The summed E-state index contributed by atoms with van der Waals surface area (Å²) < 4.78 is 66.7. The zero-order valence-corrected chi connectivity index (χ0v) is 23.2. The number of aromatic nitrogens is 4.